The number of piperazine rings is 1. The fourth-order valence-electron chi connectivity index (χ4n) is 3.44. The molecule has 2 aromatic heterocycles. The van der Waals surface area contributed by atoms with Crippen molar-refractivity contribution in [2.75, 3.05) is 31.1 Å². The summed E-state index contributed by atoms with van der Waals surface area (Å²) < 4.78 is 38.4. The van der Waals surface area contributed by atoms with Gasteiger partial charge in [0.25, 0.3) is 5.91 Å². The zero-order valence-corrected chi connectivity index (χ0v) is 16.3. The van der Waals surface area contributed by atoms with Gasteiger partial charge in [-0.3, -0.25) is 9.59 Å². The van der Waals surface area contributed by atoms with Gasteiger partial charge >= 0.3 is 6.18 Å². The van der Waals surface area contributed by atoms with Crippen LogP contribution in [0.5, 0.6) is 0 Å². The summed E-state index contributed by atoms with van der Waals surface area (Å²) in [5.74, 6) is -0.159. The van der Waals surface area contributed by atoms with Gasteiger partial charge in [0.15, 0.2) is 0 Å². The number of carbonyl (C=O) groups is 1. The average Bonchev–Trinajstić information content (AvgIpc) is 2.73. The summed E-state index contributed by atoms with van der Waals surface area (Å²) in [6.45, 7) is 1.22. The molecule has 0 radical (unpaired) electrons. The highest BCUT2D eigenvalue weighted by molar-refractivity contribution is 6.33. The molecule has 10 heteroatoms. The highest BCUT2D eigenvalue weighted by atomic mass is 35.5. The SMILES string of the molecule is O=C(c1c[nH]c2ccccc2c1=O)N1CCN(c2ncc(C(F)(F)F)cc2Cl)CC1. The van der Waals surface area contributed by atoms with Crippen LogP contribution < -0.4 is 10.3 Å². The zero-order chi connectivity index (χ0) is 21.5. The molecule has 1 aliphatic rings. The molecule has 0 atom stereocenters. The molecule has 0 saturated carbocycles. The number of fused-ring (bicyclic) bond motifs is 1. The lowest BCUT2D eigenvalue weighted by Gasteiger charge is -2.35. The van der Waals surface area contributed by atoms with E-state index in [0.717, 1.165) is 12.3 Å². The van der Waals surface area contributed by atoms with Crippen molar-refractivity contribution < 1.29 is 18.0 Å². The summed E-state index contributed by atoms with van der Waals surface area (Å²) in [5, 5.41) is 0.332. The van der Waals surface area contributed by atoms with E-state index in [1.165, 1.54) is 11.1 Å². The summed E-state index contributed by atoms with van der Waals surface area (Å²) in [6, 6.07) is 7.77. The van der Waals surface area contributed by atoms with Crippen molar-refractivity contribution in [2.24, 2.45) is 0 Å². The largest absolute Gasteiger partial charge is 0.417 e. The number of pyridine rings is 2. The Morgan fingerprint density at radius 3 is 2.50 bits per heavy atom. The Morgan fingerprint density at radius 1 is 1.13 bits per heavy atom. The van der Waals surface area contributed by atoms with Crippen molar-refractivity contribution in [1.82, 2.24) is 14.9 Å². The fraction of sp³-hybridized carbons (Fsp3) is 0.250. The Labute approximate surface area is 173 Å². The van der Waals surface area contributed by atoms with Crippen molar-refractivity contribution in [3.63, 3.8) is 0 Å². The normalized spacial score (nSPS) is 14.9. The van der Waals surface area contributed by atoms with Crippen LogP contribution in [0.15, 0.2) is 47.5 Å². The molecule has 1 N–H and O–H groups in total. The standard InChI is InChI=1S/C20H16ClF3N4O2/c21-15-9-12(20(22,23)24)10-26-18(15)27-5-7-28(8-6-27)19(30)14-11-25-16-4-2-1-3-13(16)17(14)29/h1-4,9-11H,5-8H2,(H,25,29). The van der Waals surface area contributed by atoms with Gasteiger partial charge in [-0.05, 0) is 18.2 Å². The number of alkyl halides is 3. The highest BCUT2D eigenvalue weighted by Crippen LogP contribution is 2.33. The van der Waals surface area contributed by atoms with Gasteiger partial charge in [0.05, 0.1) is 10.6 Å². The molecule has 0 aliphatic carbocycles. The first-order chi connectivity index (χ1) is 14.3. The number of carbonyl (C=O) groups excluding carboxylic acids is 1. The molecule has 0 spiro atoms. The monoisotopic (exact) mass is 436 g/mol. The molecule has 1 aliphatic heterocycles. The molecule has 30 heavy (non-hydrogen) atoms. The van der Waals surface area contributed by atoms with Gasteiger partial charge in [-0.15, -0.1) is 0 Å². The van der Waals surface area contributed by atoms with Gasteiger partial charge in [0.1, 0.15) is 11.4 Å². The van der Waals surface area contributed by atoms with Crippen molar-refractivity contribution >= 4 is 34.2 Å². The van der Waals surface area contributed by atoms with Gasteiger partial charge in [-0.2, -0.15) is 13.2 Å². The molecule has 0 unspecified atom stereocenters. The molecule has 4 rings (SSSR count). The second-order valence-electron chi connectivity index (χ2n) is 6.88. The maximum Gasteiger partial charge on any atom is 0.417 e. The van der Waals surface area contributed by atoms with E-state index in [-0.39, 0.29) is 34.9 Å². The molecule has 156 valence electrons. The summed E-state index contributed by atoms with van der Waals surface area (Å²) in [7, 11) is 0. The third-order valence-corrected chi connectivity index (χ3v) is 5.31. The topological polar surface area (TPSA) is 69.3 Å². The number of benzene rings is 1. The summed E-state index contributed by atoms with van der Waals surface area (Å²) in [6.07, 6.45) is -2.37. The van der Waals surface area contributed by atoms with Crippen molar-refractivity contribution in [3.8, 4) is 0 Å². The van der Waals surface area contributed by atoms with Crippen LogP contribution in [0.3, 0.4) is 0 Å². The number of nitrogens with zero attached hydrogens (tertiary/aromatic N) is 3. The van der Waals surface area contributed by atoms with E-state index in [1.54, 1.807) is 29.2 Å². The maximum atomic E-state index is 12.9. The van der Waals surface area contributed by atoms with Crippen LogP contribution in [-0.4, -0.2) is 47.0 Å². The van der Waals surface area contributed by atoms with E-state index in [4.69, 9.17) is 11.6 Å². The van der Waals surface area contributed by atoms with Crippen LogP contribution in [0.4, 0.5) is 19.0 Å². The third-order valence-electron chi connectivity index (χ3n) is 5.03. The van der Waals surface area contributed by atoms with E-state index in [0.29, 0.717) is 24.0 Å². The van der Waals surface area contributed by atoms with Gasteiger partial charge in [0.2, 0.25) is 5.43 Å². The first kappa shape index (κ1) is 20.2. The molecule has 1 amide bonds. The number of aromatic amines is 1. The summed E-state index contributed by atoms with van der Waals surface area (Å²) in [4.78, 5) is 35.6. The Morgan fingerprint density at radius 2 is 1.83 bits per heavy atom. The van der Waals surface area contributed by atoms with Gasteiger partial charge < -0.3 is 14.8 Å². The number of rotatable bonds is 2. The Balaban J connectivity index is 1.49. The molecule has 3 aromatic rings. The highest BCUT2D eigenvalue weighted by Gasteiger charge is 2.32. The first-order valence-electron chi connectivity index (χ1n) is 9.13. The van der Waals surface area contributed by atoms with Gasteiger partial charge in [0, 0.05) is 49.5 Å². The van der Waals surface area contributed by atoms with Crippen LogP contribution in [0.25, 0.3) is 10.9 Å². The van der Waals surface area contributed by atoms with E-state index in [1.807, 2.05) is 0 Å². The molecular formula is C20H16ClF3N4O2. The Bertz CT molecular complexity index is 1170. The molecular weight excluding hydrogens is 421 g/mol. The second kappa shape index (κ2) is 7.64. The van der Waals surface area contributed by atoms with E-state index < -0.39 is 17.6 Å². The van der Waals surface area contributed by atoms with Crippen LogP contribution in [0.1, 0.15) is 15.9 Å². The minimum atomic E-state index is -4.52. The van der Waals surface area contributed by atoms with Crippen LogP contribution >= 0.6 is 11.6 Å². The first-order valence-corrected chi connectivity index (χ1v) is 9.51. The van der Waals surface area contributed by atoms with E-state index in [2.05, 4.69) is 9.97 Å². The number of halogens is 4. The lowest BCUT2D eigenvalue weighted by molar-refractivity contribution is -0.137. The molecule has 0 bridgehead atoms. The number of para-hydroxylation sites is 1. The number of aromatic nitrogens is 2. The molecule has 1 fully saturated rings. The van der Waals surface area contributed by atoms with Crippen LogP contribution in [-0.2, 0) is 6.18 Å². The van der Waals surface area contributed by atoms with Gasteiger partial charge in [-0.25, -0.2) is 4.98 Å². The van der Waals surface area contributed by atoms with Crippen molar-refractivity contribution in [1.29, 1.82) is 0 Å². The second-order valence-corrected chi connectivity index (χ2v) is 7.29. The molecule has 3 heterocycles. The Hall–Kier alpha value is -3.07. The van der Waals surface area contributed by atoms with Gasteiger partial charge in [-0.1, -0.05) is 23.7 Å². The van der Waals surface area contributed by atoms with Crippen molar-refractivity contribution in [2.45, 2.75) is 6.18 Å². The molecule has 1 aromatic carbocycles. The van der Waals surface area contributed by atoms with E-state index >= 15 is 0 Å². The predicted octanol–water partition coefficient (Wildman–Crippen LogP) is 3.56. The fourth-order valence-corrected chi connectivity index (χ4v) is 3.72. The van der Waals surface area contributed by atoms with E-state index in [9.17, 15) is 22.8 Å². The molecule has 1 saturated heterocycles. The average molecular weight is 437 g/mol. The zero-order valence-electron chi connectivity index (χ0n) is 15.5. The smallest absolute Gasteiger partial charge is 0.360 e. The summed E-state index contributed by atoms with van der Waals surface area (Å²) >= 11 is 6.01. The quantitative estimate of drug-likeness (QED) is 0.667. The number of hydrogen-bond acceptors (Lipinski definition) is 4. The number of amides is 1. The lowest BCUT2D eigenvalue weighted by Crippen LogP contribution is -2.49. The van der Waals surface area contributed by atoms with Crippen LogP contribution in [0, 0.1) is 0 Å². The Kier molecular flexibility index (Phi) is 5.15. The number of hydrogen-bond donors (Lipinski definition) is 1. The lowest BCUT2D eigenvalue weighted by atomic mass is 10.1. The minimum absolute atomic E-state index is 0.0489. The minimum Gasteiger partial charge on any atom is -0.360 e. The molecule has 6 nitrogen and oxygen atoms in total. The summed E-state index contributed by atoms with van der Waals surface area (Å²) in [5.41, 5.74) is -0.565. The number of anilines is 1. The van der Waals surface area contributed by atoms with Crippen molar-refractivity contribution in [3.05, 3.63) is 69.1 Å². The third kappa shape index (κ3) is 3.72. The van der Waals surface area contributed by atoms with Crippen LogP contribution in [0.2, 0.25) is 5.02 Å². The predicted molar refractivity (Wildman–Crippen MR) is 107 cm³/mol. The maximum absolute atomic E-state index is 12.9. The number of H-pyrrole nitrogens is 1. The number of nitrogens with one attached hydrogen (secondary N) is 1.